The normalized spacial score (nSPS) is 14.1. The molecule has 0 aliphatic rings. The van der Waals surface area contributed by atoms with Gasteiger partial charge in [-0.2, -0.15) is 0 Å². The molecule has 7 amide bonds. The molecule has 47 heavy (non-hydrogen) atoms. The zero-order valence-electron chi connectivity index (χ0n) is 27.0. The lowest BCUT2D eigenvalue weighted by Crippen LogP contribution is -2.59. The van der Waals surface area contributed by atoms with E-state index in [-0.39, 0.29) is 50.4 Å². The molecule has 0 spiro atoms. The molecule has 19 heteroatoms. The lowest BCUT2D eigenvalue weighted by atomic mass is 9.99. The molecule has 0 aromatic carbocycles. The molecule has 0 aliphatic heterocycles. The van der Waals surface area contributed by atoms with Crippen LogP contribution in [0, 0.1) is 11.8 Å². The van der Waals surface area contributed by atoms with Gasteiger partial charge in [-0.15, -0.1) is 0 Å². The molecular formula is C28H48N8O11. The SMILES string of the molecule is CC(C)C[C@H](NC(=O)[C@H](CC(C)C)NC(=O)[C@H](CCC(N)=O)NC(=O)[C@H](CCC(N)=O)NC(=O)[C@@H](N)CC(=O)O)C(=O)NCC(=O)O. The number of carbonyl (C=O) groups is 9. The summed E-state index contributed by atoms with van der Waals surface area (Å²) in [6.45, 7) is 6.39. The van der Waals surface area contributed by atoms with Crippen LogP contribution in [0.3, 0.4) is 0 Å². The van der Waals surface area contributed by atoms with E-state index in [4.69, 9.17) is 27.4 Å². The molecule has 0 saturated carbocycles. The average molecular weight is 673 g/mol. The number of hydrogen-bond acceptors (Lipinski definition) is 10. The predicted molar refractivity (Wildman–Crippen MR) is 164 cm³/mol. The maximum atomic E-state index is 13.5. The van der Waals surface area contributed by atoms with E-state index in [1.54, 1.807) is 27.7 Å². The molecule has 0 aromatic rings. The van der Waals surface area contributed by atoms with Gasteiger partial charge in [0.15, 0.2) is 0 Å². The molecule has 0 aliphatic carbocycles. The van der Waals surface area contributed by atoms with E-state index in [0.29, 0.717) is 0 Å². The van der Waals surface area contributed by atoms with E-state index in [2.05, 4.69) is 26.6 Å². The lowest BCUT2D eigenvalue weighted by Gasteiger charge is -2.27. The number of nitrogens with one attached hydrogen (secondary N) is 5. The number of carboxylic acid groups (broad SMARTS) is 2. The van der Waals surface area contributed by atoms with Crippen LogP contribution in [0.1, 0.15) is 72.6 Å². The fourth-order valence-electron chi connectivity index (χ4n) is 4.18. The Hall–Kier alpha value is -4.81. The van der Waals surface area contributed by atoms with Crippen LogP contribution in [-0.4, -0.2) is 100 Å². The molecule has 266 valence electrons. The second kappa shape index (κ2) is 21.1. The number of carboxylic acids is 2. The van der Waals surface area contributed by atoms with Crippen molar-refractivity contribution >= 4 is 53.3 Å². The average Bonchev–Trinajstić information content (AvgIpc) is 2.93. The third-order valence-corrected chi connectivity index (χ3v) is 6.45. The number of primary amides is 2. The van der Waals surface area contributed by atoms with Crippen LogP contribution in [0.15, 0.2) is 0 Å². The maximum Gasteiger partial charge on any atom is 0.322 e. The van der Waals surface area contributed by atoms with Gasteiger partial charge in [0.05, 0.1) is 12.5 Å². The van der Waals surface area contributed by atoms with Crippen LogP contribution in [0.5, 0.6) is 0 Å². The van der Waals surface area contributed by atoms with Gasteiger partial charge in [-0.1, -0.05) is 27.7 Å². The van der Waals surface area contributed by atoms with Crippen molar-refractivity contribution < 1.29 is 53.4 Å². The summed E-state index contributed by atoms with van der Waals surface area (Å²) in [4.78, 5) is 110. The van der Waals surface area contributed by atoms with Gasteiger partial charge in [0.25, 0.3) is 0 Å². The molecule has 5 atom stereocenters. The summed E-state index contributed by atoms with van der Waals surface area (Å²) in [6.07, 6.45) is -2.02. The molecule has 0 aromatic heterocycles. The quantitative estimate of drug-likeness (QED) is 0.0507. The number of amides is 7. The highest BCUT2D eigenvalue weighted by Gasteiger charge is 2.33. The standard InChI is InChI=1S/C28H48N8O11/c1-13(2)9-18(25(44)32-12-23(41)42)35-28(47)19(10-14(3)4)36-27(46)17(6-8-21(31)38)34-26(45)16(5-7-20(30)37)33-24(43)15(29)11-22(39)40/h13-19H,5-12,29H2,1-4H3,(H2,30,37)(H2,31,38)(H,32,44)(H,33,43)(H,34,45)(H,35,47)(H,36,46)(H,39,40)(H,41,42)/t15-,16-,17-,18-,19-/m0/s1. The van der Waals surface area contributed by atoms with E-state index >= 15 is 0 Å². The smallest absolute Gasteiger partial charge is 0.322 e. The van der Waals surface area contributed by atoms with Gasteiger partial charge in [-0.3, -0.25) is 43.2 Å². The Labute approximate surface area is 271 Å². The van der Waals surface area contributed by atoms with Crippen LogP contribution >= 0.6 is 0 Å². The van der Waals surface area contributed by atoms with Gasteiger partial charge >= 0.3 is 11.9 Å². The molecule has 0 heterocycles. The topological polar surface area (TPSA) is 332 Å². The highest BCUT2D eigenvalue weighted by Crippen LogP contribution is 2.11. The Bertz CT molecular complexity index is 1160. The van der Waals surface area contributed by atoms with Gasteiger partial charge in [0.2, 0.25) is 41.4 Å². The zero-order valence-corrected chi connectivity index (χ0v) is 27.0. The molecule has 0 rings (SSSR count). The molecular weight excluding hydrogens is 624 g/mol. The maximum absolute atomic E-state index is 13.5. The summed E-state index contributed by atoms with van der Waals surface area (Å²) < 4.78 is 0. The van der Waals surface area contributed by atoms with Gasteiger partial charge < -0.3 is 54.0 Å². The van der Waals surface area contributed by atoms with Crippen molar-refractivity contribution in [1.82, 2.24) is 26.6 Å². The number of aliphatic carboxylic acids is 2. The van der Waals surface area contributed by atoms with Crippen molar-refractivity contribution in [3.05, 3.63) is 0 Å². The number of hydrogen-bond donors (Lipinski definition) is 10. The van der Waals surface area contributed by atoms with Gasteiger partial charge in [-0.05, 0) is 37.5 Å². The van der Waals surface area contributed by atoms with Crippen LogP contribution in [0.4, 0.5) is 0 Å². The highest BCUT2D eigenvalue weighted by molar-refractivity contribution is 5.96. The molecule has 0 radical (unpaired) electrons. The van der Waals surface area contributed by atoms with Crippen molar-refractivity contribution in [3.63, 3.8) is 0 Å². The van der Waals surface area contributed by atoms with E-state index in [1.165, 1.54) is 0 Å². The second-order valence-electron chi connectivity index (χ2n) is 11.8. The summed E-state index contributed by atoms with van der Waals surface area (Å²) in [6, 6.07) is -6.94. The van der Waals surface area contributed by atoms with Crippen molar-refractivity contribution in [3.8, 4) is 0 Å². The molecule has 0 unspecified atom stereocenters. The molecule has 0 saturated heterocycles. The van der Waals surface area contributed by atoms with Crippen molar-refractivity contribution in [2.45, 2.75) is 103 Å². The van der Waals surface area contributed by atoms with Crippen molar-refractivity contribution in [1.29, 1.82) is 0 Å². The number of rotatable bonds is 23. The highest BCUT2D eigenvalue weighted by atomic mass is 16.4. The van der Waals surface area contributed by atoms with Crippen molar-refractivity contribution in [2.24, 2.45) is 29.0 Å². The minimum Gasteiger partial charge on any atom is -0.481 e. The fraction of sp³-hybridized carbons (Fsp3) is 0.679. The van der Waals surface area contributed by atoms with Crippen LogP contribution < -0.4 is 43.8 Å². The molecule has 13 N–H and O–H groups in total. The minimum absolute atomic E-state index is 0.0674. The van der Waals surface area contributed by atoms with E-state index in [0.717, 1.165) is 0 Å². The third-order valence-electron chi connectivity index (χ3n) is 6.45. The van der Waals surface area contributed by atoms with Crippen LogP contribution in [0.25, 0.3) is 0 Å². The molecule has 0 bridgehead atoms. The Morgan fingerprint density at radius 2 is 0.915 bits per heavy atom. The van der Waals surface area contributed by atoms with Gasteiger partial charge in [0.1, 0.15) is 30.7 Å². The largest absolute Gasteiger partial charge is 0.481 e. The summed E-state index contributed by atoms with van der Waals surface area (Å²) in [5, 5.41) is 29.6. The Morgan fingerprint density at radius 1 is 0.553 bits per heavy atom. The summed E-state index contributed by atoms with van der Waals surface area (Å²) in [5.41, 5.74) is 16.0. The molecule has 19 nitrogen and oxygen atoms in total. The summed E-state index contributed by atoms with van der Waals surface area (Å²) in [7, 11) is 0. The number of carbonyl (C=O) groups excluding carboxylic acids is 7. The second-order valence-corrected chi connectivity index (χ2v) is 11.8. The van der Waals surface area contributed by atoms with E-state index in [1.807, 2.05) is 0 Å². The fourth-order valence-corrected chi connectivity index (χ4v) is 4.18. The van der Waals surface area contributed by atoms with Gasteiger partial charge in [0, 0.05) is 12.8 Å². The third kappa shape index (κ3) is 18.7. The van der Waals surface area contributed by atoms with Crippen molar-refractivity contribution in [2.75, 3.05) is 6.54 Å². The zero-order chi connectivity index (χ0) is 36.4. The lowest BCUT2D eigenvalue weighted by molar-refractivity contribution is -0.140. The first-order chi connectivity index (χ1) is 21.7. The van der Waals surface area contributed by atoms with E-state index in [9.17, 15) is 43.2 Å². The summed E-state index contributed by atoms with van der Waals surface area (Å²) >= 11 is 0. The van der Waals surface area contributed by atoms with Crippen LogP contribution in [0.2, 0.25) is 0 Å². The molecule has 0 fully saturated rings. The first kappa shape index (κ1) is 42.2. The Morgan fingerprint density at radius 3 is 1.28 bits per heavy atom. The van der Waals surface area contributed by atoms with Gasteiger partial charge in [-0.25, -0.2) is 0 Å². The Kier molecular flexibility index (Phi) is 18.9. The van der Waals surface area contributed by atoms with Crippen LogP contribution in [-0.2, 0) is 43.2 Å². The summed E-state index contributed by atoms with van der Waals surface area (Å²) in [5.74, 6) is -9.09. The monoisotopic (exact) mass is 672 g/mol. The predicted octanol–water partition coefficient (Wildman–Crippen LogP) is -3.45. The number of nitrogens with two attached hydrogens (primary N) is 3. The first-order valence-electron chi connectivity index (χ1n) is 15.0. The minimum atomic E-state index is -1.55. The van der Waals surface area contributed by atoms with E-state index < -0.39 is 96.5 Å². The Balaban J connectivity index is 6.13. The first-order valence-corrected chi connectivity index (χ1v) is 15.0.